The number of anilines is 1. The third kappa shape index (κ3) is 4.59. The van der Waals surface area contributed by atoms with E-state index in [-0.39, 0.29) is 5.91 Å². The molecule has 7 nitrogen and oxygen atoms in total. The lowest BCUT2D eigenvalue weighted by molar-refractivity contribution is -0.116. The lowest BCUT2D eigenvalue weighted by atomic mass is 10.1. The predicted octanol–water partition coefficient (Wildman–Crippen LogP) is 3.16. The molecule has 9 heteroatoms. The van der Waals surface area contributed by atoms with Crippen molar-refractivity contribution in [2.24, 2.45) is 0 Å². The van der Waals surface area contributed by atoms with Crippen LogP contribution in [0.5, 0.6) is 0 Å². The molecule has 2 heterocycles. The molecule has 0 atom stereocenters. The molecule has 1 aromatic carbocycles. The minimum Gasteiger partial charge on any atom is -0.301 e. The van der Waals surface area contributed by atoms with Gasteiger partial charge in [-0.2, -0.15) is 4.31 Å². The van der Waals surface area contributed by atoms with E-state index in [2.05, 4.69) is 15.5 Å². The van der Waals surface area contributed by atoms with Gasteiger partial charge in [0.05, 0.1) is 4.90 Å². The van der Waals surface area contributed by atoms with Crippen LogP contribution < -0.4 is 5.32 Å². The van der Waals surface area contributed by atoms with E-state index < -0.39 is 10.0 Å². The van der Waals surface area contributed by atoms with Crippen molar-refractivity contribution in [3.05, 3.63) is 34.8 Å². The van der Waals surface area contributed by atoms with Crippen molar-refractivity contribution in [2.75, 3.05) is 18.4 Å². The van der Waals surface area contributed by atoms with E-state index >= 15 is 0 Å². The Morgan fingerprint density at radius 2 is 1.82 bits per heavy atom. The number of aromatic nitrogens is 2. The Bertz CT molecular complexity index is 930. The molecule has 0 unspecified atom stereocenters. The standard InChI is InChI=1S/C19H24N4O3S2/c24-17(20-19-22-21-18(27-19)15-7-8-15)11-6-14-4-9-16(10-5-14)28(25,26)23-12-2-1-3-13-23/h4-5,9-10,15H,1-3,6-8,11-13H2,(H,20,22,24). The summed E-state index contributed by atoms with van der Waals surface area (Å²) in [6.07, 6.45) is 6.11. The Morgan fingerprint density at radius 1 is 1.11 bits per heavy atom. The molecular formula is C19H24N4O3S2. The monoisotopic (exact) mass is 420 g/mol. The summed E-state index contributed by atoms with van der Waals surface area (Å²) in [6, 6.07) is 6.87. The van der Waals surface area contributed by atoms with Crippen molar-refractivity contribution in [1.82, 2.24) is 14.5 Å². The van der Waals surface area contributed by atoms with Crippen molar-refractivity contribution in [3.8, 4) is 0 Å². The second-order valence-electron chi connectivity index (χ2n) is 7.38. The summed E-state index contributed by atoms with van der Waals surface area (Å²) < 4.78 is 26.9. The van der Waals surface area contributed by atoms with Crippen molar-refractivity contribution in [1.29, 1.82) is 0 Å². The fraction of sp³-hybridized carbons (Fsp3) is 0.526. The van der Waals surface area contributed by atoms with Gasteiger partial charge in [0.25, 0.3) is 0 Å². The van der Waals surface area contributed by atoms with Gasteiger partial charge in [-0.15, -0.1) is 10.2 Å². The van der Waals surface area contributed by atoms with E-state index in [1.54, 1.807) is 28.6 Å². The van der Waals surface area contributed by atoms with E-state index in [4.69, 9.17) is 0 Å². The Kier molecular flexibility index (Phi) is 5.75. The van der Waals surface area contributed by atoms with Crippen LogP contribution >= 0.6 is 11.3 Å². The number of rotatable bonds is 7. The fourth-order valence-corrected chi connectivity index (χ4v) is 5.75. The van der Waals surface area contributed by atoms with E-state index in [1.807, 2.05) is 0 Å². The molecule has 0 bridgehead atoms. The van der Waals surface area contributed by atoms with E-state index in [1.165, 1.54) is 11.3 Å². The van der Waals surface area contributed by atoms with Crippen LogP contribution in [-0.2, 0) is 21.2 Å². The zero-order valence-corrected chi connectivity index (χ0v) is 17.3. The Morgan fingerprint density at radius 3 is 2.50 bits per heavy atom. The highest BCUT2D eigenvalue weighted by Gasteiger charge is 2.28. The van der Waals surface area contributed by atoms with Gasteiger partial charge >= 0.3 is 0 Å². The molecular weight excluding hydrogens is 396 g/mol. The van der Waals surface area contributed by atoms with Gasteiger partial charge in [-0.05, 0) is 49.8 Å². The number of aryl methyl sites for hydroxylation is 1. The predicted molar refractivity (Wildman–Crippen MR) is 108 cm³/mol. The highest BCUT2D eigenvalue weighted by atomic mass is 32.2. The van der Waals surface area contributed by atoms with Crippen LogP contribution in [0.3, 0.4) is 0 Å². The Labute approximate surface area is 169 Å². The van der Waals surface area contributed by atoms with Crippen LogP contribution in [0.15, 0.2) is 29.2 Å². The van der Waals surface area contributed by atoms with Gasteiger partial charge in [0.15, 0.2) is 0 Å². The molecule has 150 valence electrons. The number of hydrogen-bond donors (Lipinski definition) is 1. The van der Waals surface area contributed by atoms with Gasteiger partial charge in [0, 0.05) is 25.4 Å². The molecule has 1 aliphatic heterocycles. The maximum atomic E-state index is 12.7. The van der Waals surface area contributed by atoms with Crippen LogP contribution in [0.1, 0.15) is 55.0 Å². The summed E-state index contributed by atoms with van der Waals surface area (Å²) >= 11 is 1.45. The van der Waals surface area contributed by atoms with Crippen molar-refractivity contribution >= 4 is 32.4 Å². The van der Waals surface area contributed by atoms with Gasteiger partial charge in [-0.1, -0.05) is 29.9 Å². The second-order valence-corrected chi connectivity index (χ2v) is 10.3. The molecule has 2 aromatic rings. The summed E-state index contributed by atoms with van der Waals surface area (Å²) in [4.78, 5) is 12.5. The first-order valence-electron chi connectivity index (χ1n) is 9.75. The lowest BCUT2D eigenvalue weighted by Gasteiger charge is -2.25. The highest BCUT2D eigenvalue weighted by molar-refractivity contribution is 7.89. The quantitative estimate of drug-likeness (QED) is 0.743. The maximum absolute atomic E-state index is 12.7. The lowest BCUT2D eigenvalue weighted by Crippen LogP contribution is -2.35. The molecule has 1 saturated heterocycles. The molecule has 2 aliphatic rings. The molecule has 1 amide bonds. The van der Waals surface area contributed by atoms with Gasteiger partial charge < -0.3 is 5.32 Å². The number of sulfonamides is 1. The summed E-state index contributed by atoms with van der Waals surface area (Å²) in [5.41, 5.74) is 0.934. The van der Waals surface area contributed by atoms with Crippen LogP contribution in [0.4, 0.5) is 5.13 Å². The van der Waals surface area contributed by atoms with Gasteiger partial charge in [0.2, 0.25) is 21.1 Å². The molecule has 4 rings (SSSR count). The van der Waals surface area contributed by atoms with E-state index in [9.17, 15) is 13.2 Å². The molecule has 0 radical (unpaired) electrons. The first kappa shape index (κ1) is 19.5. The summed E-state index contributed by atoms with van der Waals surface area (Å²) in [5, 5.41) is 12.5. The normalized spacial score (nSPS) is 18.1. The molecule has 28 heavy (non-hydrogen) atoms. The number of carbonyl (C=O) groups is 1. The van der Waals surface area contributed by atoms with Crippen LogP contribution in [0.25, 0.3) is 0 Å². The van der Waals surface area contributed by atoms with Gasteiger partial charge in [0.1, 0.15) is 5.01 Å². The van der Waals surface area contributed by atoms with Crippen LogP contribution in [0.2, 0.25) is 0 Å². The maximum Gasteiger partial charge on any atom is 0.243 e. The number of carbonyl (C=O) groups excluding carboxylic acids is 1. The molecule has 1 N–H and O–H groups in total. The van der Waals surface area contributed by atoms with Crippen molar-refractivity contribution < 1.29 is 13.2 Å². The zero-order chi connectivity index (χ0) is 19.6. The summed E-state index contributed by atoms with van der Waals surface area (Å²) in [7, 11) is -3.41. The summed E-state index contributed by atoms with van der Waals surface area (Å²) in [6.45, 7) is 1.19. The Hall–Kier alpha value is -1.84. The molecule has 2 fully saturated rings. The number of hydrogen-bond acceptors (Lipinski definition) is 6. The summed E-state index contributed by atoms with van der Waals surface area (Å²) in [5.74, 6) is 0.423. The molecule has 1 aliphatic carbocycles. The van der Waals surface area contributed by atoms with Crippen LogP contribution in [0, 0.1) is 0 Å². The third-order valence-corrected chi connectivity index (χ3v) is 8.04. The van der Waals surface area contributed by atoms with Crippen molar-refractivity contribution in [2.45, 2.75) is 55.8 Å². The number of piperidine rings is 1. The average Bonchev–Trinajstić information content (AvgIpc) is 3.47. The number of benzene rings is 1. The zero-order valence-electron chi connectivity index (χ0n) is 15.6. The first-order valence-corrected chi connectivity index (χ1v) is 12.0. The number of nitrogens with one attached hydrogen (secondary N) is 1. The molecule has 1 aromatic heterocycles. The van der Waals surface area contributed by atoms with Crippen molar-refractivity contribution in [3.63, 3.8) is 0 Å². The number of nitrogens with zero attached hydrogens (tertiary/aromatic N) is 3. The highest BCUT2D eigenvalue weighted by Crippen LogP contribution is 2.42. The largest absolute Gasteiger partial charge is 0.301 e. The van der Waals surface area contributed by atoms with Crippen LogP contribution in [-0.4, -0.2) is 41.9 Å². The van der Waals surface area contributed by atoms with Gasteiger partial charge in [-0.3, -0.25) is 4.79 Å². The third-order valence-electron chi connectivity index (χ3n) is 5.13. The minimum atomic E-state index is -3.41. The van der Waals surface area contributed by atoms with Gasteiger partial charge in [-0.25, -0.2) is 8.42 Å². The Balaban J connectivity index is 1.30. The minimum absolute atomic E-state index is 0.108. The smallest absolute Gasteiger partial charge is 0.243 e. The molecule has 0 spiro atoms. The molecule has 1 saturated carbocycles. The van der Waals surface area contributed by atoms with E-state index in [0.29, 0.717) is 41.9 Å². The topological polar surface area (TPSA) is 92.3 Å². The average molecular weight is 421 g/mol. The van der Waals surface area contributed by atoms with E-state index in [0.717, 1.165) is 42.7 Å². The first-order chi connectivity index (χ1) is 13.5. The number of amides is 1. The second kappa shape index (κ2) is 8.26. The fourth-order valence-electron chi connectivity index (χ4n) is 3.30. The SMILES string of the molecule is O=C(CCc1ccc(S(=O)(=O)N2CCCCC2)cc1)Nc1nnc(C2CC2)s1.